The Morgan fingerprint density at radius 1 is 1.27 bits per heavy atom. The second kappa shape index (κ2) is 9.39. The number of nitrogens with zero attached hydrogens (tertiary/aromatic N) is 2. The van der Waals surface area contributed by atoms with E-state index in [0.717, 1.165) is 0 Å². The van der Waals surface area contributed by atoms with Gasteiger partial charge < -0.3 is 10.1 Å². The van der Waals surface area contributed by atoms with Crippen molar-refractivity contribution in [2.75, 3.05) is 33.3 Å². The quantitative estimate of drug-likeness (QED) is 0.894. The van der Waals surface area contributed by atoms with Crippen molar-refractivity contribution in [2.24, 2.45) is 0 Å². The molecule has 0 bridgehead atoms. The van der Waals surface area contributed by atoms with Crippen LogP contribution in [0.3, 0.4) is 0 Å². The molecule has 0 spiro atoms. The van der Waals surface area contributed by atoms with E-state index >= 15 is 0 Å². The summed E-state index contributed by atoms with van der Waals surface area (Å²) < 4.78 is 43.4. The summed E-state index contributed by atoms with van der Waals surface area (Å²) in [4.78, 5) is 5.87. The molecule has 128 valence electrons. The average Bonchev–Trinajstić information content (AvgIpc) is 2.45. The van der Waals surface area contributed by atoms with E-state index < -0.39 is 18.6 Å². The molecule has 0 saturated carbocycles. The molecule has 9 heteroatoms. The zero-order valence-corrected chi connectivity index (χ0v) is 13.7. The van der Waals surface area contributed by atoms with Crippen LogP contribution in [0.1, 0.15) is 18.0 Å². The third kappa shape index (κ3) is 6.16. The molecule has 2 heterocycles. The van der Waals surface area contributed by atoms with Gasteiger partial charge in [0, 0.05) is 44.5 Å². The highest BCUT2D eigenvalue weighted by Gasteiger charge is 2.36. The summed E-state index contributed by atoms with van der Waals surface area (Å²) in [6, 6.07) is 2.57. The van der Waals surface area contributed by atoms with Gasteiger partial charge in [0.15, 0.2) is 0 Å². The van der Waals surface area contributed by atoms with Crippen molar-refractivity contribution in [1.29, 1.82) is 0 Å². The zero-order chi connectivity index (χ0) is 14.6. The van der Waals surface area contributed by atoms with Crippen molar-refractivity contribution >= 4 is 24.8 Å². The standard InChI is InChI=1S/C13H18F3N3O.2ClH/c1-20-12-3-2-10(9-18-12)11(8-13(14,15)16)19-6-4-17-5-7-19;;/h2-3,9,11,17H,4-8H2,1H3;2*1H/t11-;;/m0../s1. The summed E-state index contributed by atoms with van der Waals surface area (Å²) in [5, 5.41) is 3.14. The minimum atomic E-state index is -4.20. The summed E-state index contributed by atoms with van der Waals surface area (Å²) in [7, 11) is 1.48. The van der Waals surface area contributed by atoms with Gasteiger partial charge in [-0.3, -0.25) is 4.90 Å². The first kappa shape index (κ1) is 21.2. The first-order valence-corrected chi connectivity index (χ1v) is 6.51. The molecule has 22 heavy (non-hydrogen) atoms. The fourth-order valence-electron chi connectivity index (χ4n) is 2.38. The van der Waals surface area contributed by atoms with Crippen molar-refractivity contribution in [3.05, 3.63) is 23.9 Å². The Kier molecular flexibility index (Phi) is 9.07. The SMILES string of the molecule is COc1ccc([C@H](CC(F)(F)F)N2CCNCC2)cn1.Cl.Cl. The maximum atomic E-state index is 12.8. The van der Waals surface area contributed by atoms with Crippen LogP contribution in [-0.4, -0.2) is 49.3 Å². The number of rotatable bonds is 4. The first-order chi connectivity index (χ1) is 9.49. The average molecular weight is 362 g/mol. The van der Waals surface area contributed by atoms with Crippen LogP contribution in [0.25, 0.3) is 0 Å². The van der Waals surface area contributed by atoms with Crippen LogP contribution in [0.2, 0.25) is 0 Å². The van der Waals surface area contributed by atoms with Gasteiger partial charge in [-0.1, -0.05) is 6.07 Å². The van der Waals surface area contributed by atoms with E-state index in [2.05, 4.69) is 10.3 Å². The summed E-state index contributed by atoms with van der Waals surface area (Å²) in [5.74, 6) is 0.403. The van der Waals surface area contributed by atoms with Gasteiger partial charge in [-0.05, 0) is 5.56 Å². The smallest absolute Gasteiger partial charge is 0.390 e. The molecule has 0 aliphatic carbocycles. The molecule has 1 saturated heterocycles. The zero-order valence-electron chi connectivity index (χ0n) is 12.1. The molecule has 0 amide bonds. The number of hydrogen-bond donors (Lipinski definition) is 1. The molecule has 2 rings (SSSR count). The van der Waals surface area contributed by atoms with Crippen molar-refractivity contribution in [1.82, 2.24) is 15.2 Å². The lowest BCUT2D eigenvalue weighted by Crippen LogP contribution is -2.46. The summed E-state index contributed by atoms with van der Waals surface area (Å²) in [6.07, 6.45) is -3.59. The lowest BCUT2D eigenvalue weighted by molar-refractivity contribution is -0.148. The van der Waals surface area contributed by atoms with Gasteiger partial charge in [-0.25, -0.2) is 4.98 Å². The third-order valence-electron chi connectivity index (χ3n) is 3.37. The van der Waals surface area contributed by atoms with Gasteiger partial charge in [0.05, 0.1) is 13.5 Å². The van der Waals surface area contributed by atoms with Gasteiger partial charge in [-0.2, -0.15) is 13.2 Å². The molecule has 1 aliphatic rings. The van der Waals surface area contributed by atoms with Crippen molar-refractivity contribution in [3.8, 4) is 5.88 Å². The molecule has 1 aromatic heterocycles. The fourth-order valence-corrected chi connectivity index (χ4v) is 2.38. The molecule has 4 nitrogen and oxygen atoms in total. The van der Waals surface area contributed by atoms with E-state index in [1.54, 1.807) is 12.1 Å². The Bertz CT molecular complexity index is 426. The summed E-state index contributed by atoms with van der Waals surface area (Å²) in [6.45, 7) is 2.62. The molecule has 0 unspecified atom stereocenters. The normalized spacial score (nSPS) is 17.1. The van der Waals surface area contributed by atoms with Gasteiger partial charge in [0.2, 0.25) is 5.88 Å². The minimum absolute atomic E-state index is 0. The second-order valence-corrected chi connectivity index (χ2v) is 4.75. The van der Waals surface area contributed by atoms with E-state index in [9.17, 15) is 13.2 Å². The van der Waals surface area contributed by atoms with Crippen LogP contribution in [0.5, 0.6) is 5.88 Å². The first-order valence-electron chi connectivity index (χ1n) is 6.51. The van der Waals surface area contributed by atoms with E-state index in [-0.39, 0.29) is 24.8 Å². The van der Waals surface area contributed by atoms with Gasteiger partial charge >= 0.3 is 6.18 Å². The summed E-state index contributed by atoms with van der Waals surface area (Å²) in [5.41, 5.74) is 0.574. The largest absolute Gasteiger partial charge is 0.481 e. The molecule has 1 fully saturated rings. The lowest BCUT2D eigenvalue weighted by atomic mass is 10.0. The highest BCUT2D eigenvalue weighted by atomic mass is 35.5. The number of piperazine rings is 1. The molecule has 0 radical (unpaired) electrons. The van der Waals surface area contributed by atoms with Crippen LogP contribution >= 0.6 is 24.8 Å². The Labute approximate surface area is 140 Å². The lowest BCUT2D eigenvalue weighted by Gasteiger charge is -2.35. The van der Waals surface area contributed by atoms with E-state index in [4.69, 9.17) is 4.74 Å². The monoisotopic (exact) mass is 361 g/mol. The fraction of sp³-hybridized carbons (Fsp3) is 0.615. The van der Waals surface area contributed by atoms with Crippen LogP contribution in [0.15, 0.2) is 18.3 Å². The Morgan fingerprint density at radius 2 is 1.91 bits per heavy atom. The number of nitrogens with one attached hydrogen (secondary N) is 1. The number of pyridine rings is 1. The van der Waals surface area contributed by atoms with Crippen molar-refractivity contribution < 1.29 is 17.9 Å². The number of halogens is 5. The predicted octanol–water partition coefficient (Wildman–Crippen LogP) is 2.83. The Balaban J connectivity index is 0.00000220. The predicted molar refractivity (Wildman–Crippen MR) is 83.1 cm³/mol. The van der Waals surface area contributed by atoms with Crippen LogP contribution in [-0.2, 0) is 0 Å². The molecule has 1 aromatic rings. The number of methoxy groups -OCH3 is 1. The van der Waals surface area contributed by atoms with Gasteiger partial charge in [-0.15, -0.1) is 24.8 Å². The van der Waals surface area contributed by atoms with Crippen molar-refractivity contribution in [3.63, 3.8) is 0 Å². The molecule has 0 aromatic carbocycles. The number of aromatic nitrogens is 1. The number of hydrogen-bond acceptors (Lipinski definition) is 4. The number of ether oxygens (including phenoxy) is 1. The molecular formula is C13H20Cl2F3N3O. The van der Waals surface area contributed by atoms with E-state index in [1.165, 1.54) is 13.3 Å². The molecule has 1 atom stereocenters. The maximum Gasteiger partial charge on any atom is 0.390 e. The van der Waals surface area contributed by atoms with Gasteiger partial charge in [0.1, 0.15) is 0 Å². The third-order valence-corrected chi connectivity index (χ3v) is 3.37. The van der Waals surface area contributed by atoms with Crippen LogP contribution in [0, 0.1) is 0 Å². The van der Waals surface area contributed by atoms with Gasteiger partial charge in [0.25, 0.3) is 0 Å². The second-order valence-electron chi connectivity index (χ2n) is 4.75. The Hall–Kier alpha value is -0.760. The van der Waals surface area contributed by atoms with E-state index in [1.807, 2.05) is 4.90 Å². The minimum Gasteiger partial charge on any atom is -0.481 e. The van der Waals surface area contributed by atoms with Crippen LogP contribution in [0.4, 0.5) is 13.2 Å². The van der Waals surface area contributed by atoms with Crippen molar-refractivity contribution in [2.45, 2.75) is 18.6 Å². The highest BCUT2D eigenvalue weighted by Crippen LogP contribution is 2.34. The maximum absolute atomic E-state index is 12.8. The number of alkyl halides is 3. The van der Waals surface area contributed by atoms with Crippen LogP contribution < -0.4 is 10.1 Å². The van der Waals surface area contributed by atoms with E-state index in [0.29, 0.717) is 37.6 Å². The molecule has 1 aliphatic heterocycles. The topological polar surface area (TPSA) is 37.4 Å². The molecule has 1 N–H and O–H groups in total. The molecular weight excluding hydrogens is 342 g/mol. The summed E-state index contributed by atoms with van der Waals surface area (Å²) >= 11 is 0. The highest BCUT2D eigenvalue weighted by molar-refractivity contribution is 5.85. The Morgan fingerprint density at radius 3 is 2.36 bits per heavy atom.